The molecule has 0 aromatic heterocycles. The van der Waals surface area contributed by atoms with E-state index in [1.165, 1.54) is 30.6 Å². The molecule has 1 aliphatic rings. The zero-order valence-electron chi connectivity index (χ0n) is 15.7. The maximum atomic E-state index is 12.8. The minimum Gasteiger partial charge on any atom is -0.449 e. The number of amides is 1. The van der Waals surface area contributed by atoms with Gasteiger partial charge in [-0.25, -0.2) is 4.79 Å². The number of nitrogens with zero attached hydrogens (tertiary/aromatic N) is 1. The number of ether oxygens (including phenoxy) is 1. The van der Waals surface area contributed by atoms with Gasteiger partial charge in [0.1, 0.15) is 6.04 Å². The molecule has 1 aliphatic heterocycles. The number of ketones is 1. The Balaban J connectivity index is 2.07. The molecule has 0 radical (unpaired) electrons. The standard InChI is InChI=1S/C21H28BrNO3/c1-3-5-6-7-8-9-10-20(24)19-13-11-16-15-17(22)12-14-18(16)23(19)21(25)26-4-2/h11-15,19H,3-10H2,1-2H3. The number of fused-ring (bicyclic) bond motifs is 1. The smallest absolute Gasteiger partial charge is 0.415 e. The summed E-state index contributed by atoms with van der Waals surface area (Å²) in [6, 6.07) is 5.08. The number of hydrogen-bond donors (Lipinski definition) is 0. The van der Waals surface area contributed by atoms with Gasteiger partial charge in [0.2, 0.25) is 0 Å². The van der Waals surface area contributed by atoms with Gasteiger partial charge in [0.15, 0.2) is 5.78 Å². The number of rotatable bonds is 9. The predicted molar refractivity (Wildman–Crippen MR) is 109 cm³/mol. The van der Waals surface area contributed by atoms with E-state index < -0.39 is 12.1 Å². The average molecular weight is 422 g/mol. The number of carbonyl (C=O) groups is 2. The van der Waals surface area contributed by atoms with Crippen LogP contribution in [-0.4, -0.2) is 24.5 Å². The summed E-state index contributed by atoms with van der Waals surface area (Å²) in [6.45, 7) is 4.25. The molecule has 0 saturated carbocycles. The molecule has 0 spiro atoms. The lowest BCUT2D eigenvalue weighted by atomic mass is 9.97. The summed E-state index contributed by atoms with van der Waals surface area (Å²) in [7, 11) is 0. The van der Waals surface area contributed by atoms with Crippen LogP contribution in [0.5, 0.6) is 0 Å². The van der Waals surface area contributed by atoms with E-state index in [9.17, 15) is 9.59 Å². The van der Waals surface area contributed by atoms with Crippen molar-refractivity contribution < 1.29 is 14.3 Å². The van der Waals surface area contributed by atoms with Crippen LogP contribution < -0.4 is 4.90 Å². The van der Waals surface area contributed by atoms with E-state index in [-0.39, 0.29) is 12.4 Å². The highest BCUT2D eigenvalue weighted by atomic mass is 79.9. The molecular weight excluding hydrogens is 394 g/mol. The number of anilines is 1. The van der Waals surface area contributed by atoms with E-state index >= 15 is 0 Å². The van der Waals surface area contributed by atoms with E-state index in [0.717, 1.165) is 28.6 Å². The molecule has 0 N–H and O–H groups in total. The monoisotopic (exact) mass is 421 g/mol. The topological polar surface area (TPSA) is 46.6 Å². The van der Waals surface area contributed by atoms with Gasteiger partial charge in [-0.1, -0.05) is 67.1 Å². The largest absolute Gasteiger partial charge is 0.449 e. The lowest BCUT2D eigenvalue weighted by Gasteiger charge is -2.32. The van der Waals surface area contributed by atoms with Gasteiger partial charge >= 0.3 is 6.09 Å². The molecule has 1 atom stereocenters. The van der Waals surface area contributed by atoms with Crippen molar-refractivity contribution in [2.24, 2.45) is 0 Å². The van der Waals surface area contributed by atoms with Crippen LogP contribution in [0.2, 0.25) is 0 Å². The molecule has 1 aromatic carbocycles. The summed E-state index contributed by atoms with van der Waals surface area (Å²) in [4.78, 5) is 26.8. The number of Topliss-reactive ketones (excluding diaryl/α,β-unsaturated/α-hetero) is 1. The summed E-state index contributed by atoms with van der Waals surface area (Å²) < 4.78 is 6.14. The summed E-state index contributed by atoms with van der Waals surface area (Å²) >= 11 is 3.45. The Morgan fingerprint density at radius 1 is 1.12 bits per heavy atom. The van der Waals surface area contributed by atoms with Gasteiger partial charge in [-0.15, -0.1) is 0 Å². The molecule has 0 fully saturated rings. The van der Waals surface area contributed by atoms with Crippen molar-refractivity contribution in [2.75, 3.05) is 11.5 Å². The quantitative estimate of drug-likeness (QED) is 0.450. The van der Waals surface area contributed by atoms with Gasteiger partial charge in [-0.3, -0.25) is 9.69 Å². The van der Waals surface area contributed by atoms with E-state index in [0.29, 0.717) is 6.42 Å². The fourth-order valence-electron chi connectivity index (χ4n) is 3.19. The molecule has 142 valence electrons. The first-order valence-electron chi connectivity index (χ1n) is 9.55. The highest BCUT2D eigenvalue weighted by Gasteiger charge is 2.33. The minimum absolute atomic E-state index is 0.0679. The summed E-state index contributed by atoms with van der Waals surface area (Å²) in [5.74, 6) is 0.0679. The lowest BCUT2D eigenvalue weighted by Crippen LogP contribution is -2.46. The van der Waals surface area contributed by atoms with Crippen LogP contribution in [0.1, 0.15) is 64.4 Å². The second kappa shape index (κ2) is 10.5. The first-order valence-corrected chi connectivity index (χ1v) is 10.3. The third-order valence-corrected chi connectivity index (χ3v) is 5.05. The molecule has 5 heteroatoms. The van der Waals surface area contributed by atoms with Gasteiger partial charge in [0, 0.05) is 10.9 Å². The molecule has 1 amide bonds. The second-order valence-corrected chi connectivity index (χ2v) is 7.48. The Morgan fingerprint density at radius 3 is 2.58 bits per heavy atom. The fraction of sp³-hybridized carbons (Fsp3) is 0.524. The Labute approximate surface area is 164 Å². The molecule has 26 heavy (non-hydrogen) atoms. The van der Waals surface area contributed by atoms with Gasteiger partial charge in [0.05, 0.1) is 12.3 Å². The Hall–Kier alpha value is -1.62. The molecule has 0 aliphatic carbocycles. The summed E-state index contributed by atoms with van der Waals surface area (Å²) in [6.07, 6.45) is 10.5. The molecule has 1 aromatic rings. The highest BCUT2D eigenvalue weighted by molar-refractivity contribution is 9.10. The molecule has 4 nitrogen and oxygen atoms in total. The SMILES string of the molecule is CCCCCCCCC(=O)C1C=Cc2cc(Br)ccc2N1C(=O)OCC. The van der Waals surface area contributed by atoms with Gasteiger partial charge < -0.3 is 4.74 Å². The highest BCUT2D eigenvalue weighted by Crippen LogP contribution is 2.32. The van der Waals surface area contributed by atoms with Crippen molar-refractivity contribution in [2.45, 2.75) is 64.8 Å². The molecule has 0 saturated heterocycles. The normalized spacial score (nSPS) is 15.7. The third kappa shape index (κ3) is 5.44. The number of benzene rings is 1. The van der Waals surface area contributed by atoms with E-state index in [1.54, 1.807) is 6.92 Å². The van der Waals surface area contributed by atoms with Crippen LogP contribution in [0.15, 0.2) is 28.7 Å². The van der Waals surface area contributed by atoms with Crippen LogP contribution >= 0.6 is 15.9 Å². The fourth-order valence-corrected chi connectivity index (χ4v) is 3.57. The molecule has 1 heterocycles. The Bertz CT molecular complexity index is 657. The van der Waals surface area contributed by atoms with Crippen molar-refractivity contribution in [3.05, 3.63) is 34.3 Å². The average Bonchev–Trinajstić information content (AvgIpc) is 2.63. The molecular formula is C21H28BrNO3. The molecule has 0 bridgehead atoms. The van der Waals surface area contributed by atoms with E-state index in [1.807, 2.05) is 30.4 Å². The number of carbonyl (C=O) groups excluding carboxylic acids is 2. The van der Waals surface area contributed by atoms with Crippen LogP contribution in [0.25, 0.3) is 6.08 Å². The van der Waals surface area contributed by atoms with Gasteiger partial charge in [-0.05, 0) is 37.1 Å². The van der Waals surface area contributed by atoms with E-state index in [4.69, 9.17) is 4.74 Å². The van der Waals surface area contributed by atoms with Crippen molar-refractivity contribution in [1.82, 2.24) is 0 Å². The zero-order valence-corrected chi connectivity index (χ0v) is 17.3. The molecule has 2 rings (SSSR count). The maximum Gasteiger partial charge on any atom is 0.415 e. The van der Waals surface area contributed by atoms with Crippen LogP contribution in [0, 0.1) is 0 Å². The van der Waals surface area contributed by atoms with Crippen molar-refractivity contribution in [1.29, 1.82) is 0 Å². The Kier molecular flexibility index (Phi) is 8.36. The number of halogens is 1. The first kappa shape index (κ1) is 20.7. The molecule has 1 unspecified atom stereocenters. The third-order valence-electron chi connectivity index (χ3n) is 4.56. The van der Waals surface area contributed by atoms with Gasteiger partial charge in [-0.2, -0.15) is 0 Å². The van der Waals surface area contributed by atoms with Crippen molar-refractivity contribution in [3.8, 4) is 0 Å². The Morgan fingerprint density at radius 2 is 1.85 bits per heavy atom. The second-order valence-electron chi connectivity index (χ2n) is 6.56. The van der Waals surface area contributed by atoms with Crippen LogP contribution in [-0.2, 0) is 9.53 Å². The maximum absolute atomic E-state index is 12.8. The van der Waals surface area contributed by atoms with E-state index in [2.05, 4.69) is 22.9 Å². The van der Waals surface area contributed by atoms with Crippen LogP contribution in [0.3, 0.4) is 0 Å². The first-order chi connectivity index (χ1) is 12.6. The van der Waals surface area contributed by atoms with Crippen molar-refractivity contribution >= 4 is 39.6 Å². The number of unbranched alkanes of at least 4 members (excludes halogenated alkanes) is 5. The lowest BCUT2D eigenvalue weighted by molar-refractivity contribution is -0.119. The summed E-state index contributed by atoms with van der Waals surface area (Å²) in [5.41, 5.74) is 1.62. The zero-order chi connectivity index (χ0) is 18.9. The summed E-state index contributed by atoms with van der Waals surface area (Å²) in [5, 5.41) is 0. The van der Waals surface area contributed by atoms with Gasteiger partial charge in [0.25, 0.3) is 0 Å². The minimum atomic E-state index is -0.585. The van der Waals surface area contributed by atoms with Crippen LogP contribution in [0.4, 0.5) is 10.5 Å². The predicted octanol–water partition coefficient (Wildman–Crippen LogP) is 6.13. The van der Waals surface area contributed by atoms with Crippen molar-refractivity contribution in [3.63, 3.8) is 0 Å². The number of hydrogen-bond acceptors (Lipinski definition) is 3.